The Labute approximate surface area is 126 Å². The van der Waals surface area contributed by atoms with Crippen LogP contribution in [-0.2, 0) is 10.8 Å². The molecule has 1 aromatic carbocycles. The van der Waals surface area contributed by atoms with Crippen molar-refractivity contribution in [2.24, 2.45) is 0 Å². The highest BCUT2D eigenvalue weighted by atomic mass is 32.3. The Hall–Kier alpha value is -0.950. The molecule has 0 saturated carbocycles. The first-order valence-electron chi connectivity index (χ1n) is 7.32. The van der Waals surface area contributed by atoms with Crippen LogP contribution in [0.3, 0.4) is 0 Å². The van der Waals surface area contributed by atoms with Gasteiger partial charge in [-0.3, -0.25) is 0 Å². The van der Waals surface area contributed by atoms with Crippen LogP contribution in [0.5, 0.6) is 0 Å². The second-order valence-corrected chi connectivity index (χ2v) is 11.1. The number of benzene rings is 1. The topological polar surface area (TPSA) is 0 Å². The van der Waals surface area contributed by atoms with E-state index in [0.29, 0.717) is 0 Å². The molecule has 0 radical (unpaired) electrons. The molecule has 1 aromatic rings. The minimum absolute atomic E-state index is 0.192. The smallest absolute Gasteiger partial charge is 0.00254 e. The highest BCUT2D eigenvalue weighted by molar-refractivity contribution is 8.38. The van der Waals surface area contributed by atoms with Crippen molar-refractivity contribution in [1.82, 2.24) is 0 Å². The van der Waals surface area contributed by atoms with Crippen LogP contribution in [0.4, 0.5) is 0 Å². The van der Waals surface area contributed by atoms with Crippen molar-refractivity contribution in [3.63, 3.8) is 0 Å². The Morgan fingerprint density at radius 2 is 1.10 bits per heavy atom. The van der Waals surface area contributed by atoms with Gasteiger partial charge < -0.3 is 0 Å². The summed E-state index contributed by atoms with van der Waals surface area (Å²) in [5.41, 5.74) is 3.28. The van der Waals surface area contributed by atoms with Crippen molar-refractivity contribution < 1.29 is 0 Å². The van der Waals surface area contributed by atoms with E-state index in [2.05, 4.69) is 89.0 Å². The number of rotatable bonds is 1. The van der Waals surface area contributed by atoms with E-state index in [1.165, 1.54) is 16.0 Å². The van der Waals surface area contributed by atoms with Gasteiger partial charge in [0.1, 0.15) is 0 Å². The molecule has 1 aliphatic heterocycles. The minimum atomic E-state index is -0.909. The molecule has 0 nitrogen and oxygen atoms in total. The maximum Gasteiger partial charge on any atom is -0.00254 e. The maximum absolute atomic E-state index is 2.42. The van der Waals surface area contributed by atoms with Gasteiger partial charge in [0.15, 0.2) is 0 Å². The van der Waals surface area contributed by atoms with Gasteiger partial charge in [0.05, 0.1) is 0 Å². The van der Waals surface area contributed by atoms with Crippen LogP contribution in [0.15, 0.2) is 46.1 Å². The van der Waals surface area contributed by atoms with Crippen molar-refractivity contribution in [1.29, 1.82) is 0 Å². The summed E-state index contributed by atoms with van der Waals surface area (Å²) < 4.78 is 0. The van der Waals surface area contributed by atoms with Crippen LogP contribution >= 0.6 is 10.0 Å². The lowest BCUT2D eigenvalue weighted by Gasteiger charge is -2.32. The van der Waals surface area contributed by atoms with Gasteiger partial charge in [0.25, 0.3) is 0 Å². The summed E-state index contributed by atoms with van der Waals surface area (Å²) in [5, 5.41) is 4.75. The lowest BCUT2D eigenvalue weighted by Crippen LogP contribution is -2.17. The van der Waals surface area contributed by atoms with E-state index >= 15 is 0 Å². The van der Waals surface area contributed by atoms with Crippen LogP contribution < -0.4 is 0 Å². The van der Waals surface area contributed by atoms with Crippen molar-refractivity contribution >= 4 is 10.0 Å². The average molecular weight is 288 g/mol. The lowest BCUT2D eigenvalue weighted by molar-refractivity contribution is 0.565. The van der Waals surface area contributed by atoms with Crippen molar-refractivity contribution in [3.05, 3.63) is 52.3 Å². The zero-order valence-corrected chi connectivity index (χ0v) is 14.8. The summed E-state index contributed by atoms with van der Waals surface area (Å²) in [4.78, 5) is 1.49. The molecule has 0 amide bonds. The van der Waals surface area contributed by atoms with E-state index in [0.717, 1.165) is 0 Å². The van der Waals surface area contributed by atoms with Gasteiger partial charge in [-0.2, -0.15) is 10.0 Å². The number of hydrogen-bond donors (Lipinski definition) is 0. The zero-order chi connectivity index (χ0) is 15.2. The summed E-state index contributed by atoms with van der Waals surface area (Å²) in [5.74, 6) is 0. The third-order valence-electron chi connectivity index (χ3n) is 3.98. The minimum Gasteiger partial charge on any atom is -0.177 e. The zero-order valence-electron chi connectivity index (χ0n) is 13.9. The van der Waals surface area contributed by atoms with Crippen molar-refractivity contribution in [3.8, 4) is 0 Å². The van der Waals surface area contributed by atoms with Crippen LogP contribution in [0.1, 0.15) is 52.7 Å². The van der Waals surface area contributed by atoms with Crippen molar-refractivity contribution in [2.45, 2.75) is 57.3 Å². The first-order chi connectivity index (χ1) is 9.02. The van der Waals surface area contributed by atoms with Gasteiger partial charge in [-0.05, 0) is 56.1 Å². The quantitative estimate of drug-likeness (QED) is 0.584. The van der Waals surface area contributed by atoms with E-state index in [9.17, 15) is 0 Å². The molecule has 0 aromatic heterocycles. The molecule has 0 aliphatic carbocycles. The highest BCUT2D eigenvalue weighted by Gasteiger charge is 2.24. The van der Waals surface area contributed by atoms with Crippen LogP contribution in [0.2, 0.25) is 0 Å². The van der Waals surface area contributed by atoms with Crippen molar-refractivity contribution in [2.75, 3.05) is 6.26 Å². The van der Waals surface area contributed by atoms with E-state index in [4.69, 9.17) is 0 Å². The Morgan fingerprint density at radius 3 is 1.45 bits per heavy atom. The Balaban J connectivity index is 2.64. The molecule has 1 heteroatoms. The van der Waals surface area contributed by atoms with Gasteiger partial charge in [-0.1, -0.05) is 59.8 Å². The van der Waals surface area contributed by atoms with Gasteiger partial charge in [-0.15, -0.1) is 0 Å². The molecule has 0 bridgehead atoms. The first kappa shape index (κ1) is 15.4. The standard InChI is InChI=1S/C19H28S/c1-18(2,3)15-12-16(19(4,5)6)14-17(13-15)20(7)10-8-9-11-20/h8-14H,1-7H3. The Morgan fingerprint density at radius 1 is 0.700 bits per heavy atom. The average Bonchev–Trinajstić information content (AvgIpc) is 2.75. The lowest BCUT2D eigenvalue weighted by atomic mass is 9.81. The third kappa shape index (κ3) is 3.03. The van der Waals surface area contributed by atoms with Gasteiger partial charge >= 0.3 is 0 Å². The molecule has 0 spiro atoms. The Bertz CT molecular complexity index is 518. The van der Waals surface area contributed by atoms with Crippen LogP contribution in [0.25, 0.3) is 0 Å². The summed E-state index contributed by atoms with van der Waals surface area (Å²) in [7, 11) is -0.909. The predicted molar refractivity (Wildman–Crippen MR) is 93.9 cm³/mol. The fraction of sp³-hybridized carbons (Fsp3) is 0.474. The highest BCUT2D eigenvalue weighted by Crippen LogP contribution is 2.58. The third-order valence-corrected chi connectivity index (χ3v) is 6.68. The summed E-state index contributed by atoms with van der Waals surface area (Å²) in [6.07, 6.45) is 6.76. The SMILES string of the molecule is CC(C)(C)c1cc(C(C)(C)C)cc(S2(C)C=CC=C2)c1. The summed E-state index contributed by atoms with van der Waals surface area (Å²) in [6.45, 7) is 13.8. The molecule has 0 atom stereocenters. The summed E-state index contributed by atoms with van der Waals surface area (Å²) >= 11 is 0. The molecule has 20 heavy (non-hydrogen) atoms. The molecule has 2 rings (SSSR count). The van der Waals surface area contributed by atoms with Crippen LogP contribution in [0, 0.1) is 0 Å². The van der Waals surface area contributed by atoms with Gasteiger partial charge in [-0.25, -0.2) is 0 Å². The molecular formula is C19H28S. The summed E-state index contributed by atoms with van der Waals surface area (Å²) in [6, 6.07) is 7.24. The molecule has 110 valence electrons. The fourth-order valence-corrected chi connectivity index (χ4v) is 4.34. The van der Waals surface area contributed by atoms with Crippen LogP contribution in [-0.4, -0.2) is 6.26 Å². The maximum atomic E-state index is 2.42. The predicted octanol–water partition coefficient (Wildman–Crippen LogP) is 6.12. The molecule has 0 saturated heterocycles. The van der Waals surface area contributed by atoms with E-state index in [1.807, 2.05) is 0 Å². The number of hydrogen-bond acceptors (Lipinski definition) is 0. The molecule has 1 heterocycles. The Kier molecular flexibility index (Phi) is 3.71. The monoisotopic (exact) mass is 288 g/mol. The molecule has 0 unspecified atom stereocenters. The van der Waals surface area contributed by atoms with E-state index in [1.54, 1.807) is 0 Å². The number of allylic oxidation sites excluding steroid dienone is 2. The van der Waals surface area contributed by atoms with Gasteiger partial charge in [0, 0.05) is 0 Å². The molecular weight excluding hydrogens is 260 g/mol. The molecule has 0 N–H and O–H groups in total. The van der Waals surface area contributed by atoms with Gasteiger partial charge in [0.2, 0.25) is 0 Å². The van der Waals surface area contributed by atoms with E-state index in [-0.39, 0.29) is 10.8 Å². The molecule has 1 aliphatic rings. The largest absolute Gasteiger partial charge is 0.177 e. The normalized spacial score (nSPS) is 19.4. The second kappa shape index (κ2) is 4.80. The molecule has 0 fully saturated rings. The first-order valence-corrected chi connectivity index (χ1v) is 9.48. The fourth-order valence-electron chi connectivity index (χ4n) is 2.34. The second-order valence-electron chi connectivity index (χ2n) is 7.95. The van der Waals surface area contributed by atoms with E-state index < -0.39 is 10.0 Å².